The predicted molar refractivity (Wildman–Crippen MR) is 48.7 cm³/mol. The highest BCUT2D eigenvalue weighted by atomic mass is 16.5. The van der Waals surface area contributed by atoms with Crippen molar-refractivity contribution < 1.29 is 14.6 Å². The van der Waals surface area contributed by atoms with Crippen molar-refractivity contribution in [3.05, 3.63) is 0 Å². The van der Waals surface area contributed by atoms with E-state index in [9.17, 15) is 4.79 Å². The molecule has 0 radical (unpaired) electrons. The zero-order valence-electron chi connectivity index (χ0n) is 8.01. The van der Waals surface area contributed by atoms with Crippen molar-refractivity contribution in [2.24, 2.45) is 5.41 Å². The molecule has 0 amide bonds. The summed E-state index contributed by atoms with van der Waals surface area (Å²) in [4.78, 5) is 10.2. The van der Waals surface area contributed by atoms with Crippen LogP contribution in [-0.4, -0.2) is 37.9 Å². The fraction of sp³-hybridized carbons (Fsp3) is 0.889. The number of rotatable bonds is 7. The molecule has 1 aliphatic carbocycles. The van der Waals surface area contributed by atoms with Crippen molar-refractivity contribution in [3.63, 3.8) is 0 Å². The monoisotopic (exact) mass is 187 g/mol. The average Bonchev–Trinajstić information content (AvgIpc) is 2.82. The summed E-state index contributed by atoms with van der Waals surface area (Å²) in [5.41, 5.74) is 0.339. The van der Waals surface area contributed by atoms with Gasteiger partial charge in [0, 0.05) is 20.3 Å². The van der Waals surface area contributed by atoms with Crippen LogP contribution in [0.5, 0.6) is 0 Å². The van der Waals surface area contributed by atoms with Gasteiger partial charge in [-0.05, 0) is 24.7 Å². The molecule has 0 saturated heterocycles. The summed E-state index contributed by atoms with van der Waals surface area (Å²) in [5.74, 6) is -0.789. The number of carboxylic acid groups (broad SMARTS) is 1. The Labute approximate surface area is 78.3 Å². The molecule has 0 atom stereocenters. The second-order valence-corrected chi connectivity index (χ2v) is 3.74. The highest BCUT2D eigenvalue weighted by molar-refractivity contribution is 5.68. The van der Waals surface area contributed by atoms with Gasteiger partial charge in [0.1, 0.15) is 0 Å². The first kappa shape index (κ1) is 10.5. The molecule has 1 rings (SSSR count). The van der Waals surface area contributed by atoms with Crippen molar-refractivity contribution in [2.45, 2.75) is 19.3 Å². The van der Waals surface area contributed by atoms with Crippen LogP contribution in [-0.2, 0) is 9.53 Å². The molecule has 1 saturated carbocycles. The fourth-order valence-electron chi connectivity index (χ4n) is 1.45. The van der Waals surface area contributed by atoms with Crippen LogP contribution in [0.25, 0.3) is 0 Å². The van der Waals surface area contributed by atoms with Gasteiger partial charge < -0.3 is 15.2 Å². The normalized spacial score (nSPS) is 18.5. The van der Waals surface area contributed by atoms with Gasteiger partial charge in [0.15, 0.2) is 0 Å². The minimum absolute atomic E-state index is 0.0642. The summed E-state index contributed by atoms with van der Waals surface area (Å²) in [5, 5.41) is 11.4. The van der Waals surface area contributed by atoms with Crippen LogP contribution in [0.4, 0.5) is 0 Å². The summed E-state index contributed by atoms with van der Waals surface area (Å²) in [6.45, 7) is 1.64. The molecule has 76 valence electrons. The lowest BCUT2D eigenvalue weighted by Crippen LogP contribution is -2.29. The third-order valence-corrected chi connectivity index (χ3v) is 2.57. The van der Waals surface area contributed by atoms with Gasteiger partial charge >= 0.3 is 5.97 Å². The Balaban J connectivity index is 2.09. The topological polar surface area (TPSA) is 58.6 Å². The second-order valence-electron chi connectivity index (χ2n) is 3.74. The molecular formula is C9H17NO3. The molecule has 0 heterocycles. The molecule has 1 aliphatic rings. The van der Waals surface area contributed by atoms with Gasteiger partial charge in [0.2, 0.25) is 0 Å². The van der Waals surface area contributed by atoms with E-state index in [-0.39, 0.29) is 6.54 Å². The van der Waals surface area contributed by atoms with Crippen LogP contribution in [0.2, 0.25) is 0 Å². The van der Waals surface area contributed by atoms with Gasteiger partial charge in [-0.2, -0.15) is 0 Å². The first-order valence-electron chi connectivity index (χ1n) is 4.60. The van der Waals surface area contributed by atoms with E-state index in [1.54, 1.807) is 7.11 Å². The summed E-state index contributed by atoms with van der Waals surface area (Å²) in [7, 11) is 1.70. The van der Waals surface area contributed by atoms with E-state index in [0.717, 1.165) is 19.6 Å². The molecule has 0 aromatic carbocycles. The molecule has 0 spiro atoms. The zero-order chi connectivity index (χ0) is 9.73. The van der Waals surface area contributed by atoms with E-state index in [1.165, 1.54) is 12.8 Å². The van der Waals surface area contributed by atoms with Gasteiger partial charge in [-0.15, -0.1) is 0 Å². The largest absolute Gasteiger partial charge is 0.480 e. The smallest absolute Gasteiger partial charge is 0.317 e. The molecule has 0 bridgehead atoms. The minimum atomic E-state index is -0.789. The van der Waals surface area contributed by atoms with E-state index >= 15 is 0 Å². The van der Waals surface area contributed by atoms with E-state index in [1.807, 2.05) is 0 Å². The van der Waals surface area contributed by atoms with Crippen LogP contribution in [0.3, 0.4) is 0 Å². The van der Waals surface area contributed by atoms with Gasteiger partial charge in [0.05, 0.1) is 6.54 Å². The number of carboxylic acids is 1. The maximum Gasteiger partial charge on any atom is 0.317 e. The number of methoxy groups -OCH3 is 1. The maximum absolute atomic E-state index is 10.2. The van der Waals surface area contributed by atoms with E-state index in [2.05, 4.69) is 5.32 Å². The van der Waals surface area contributed by atoms with Crippen LogP contribution in [0.1, 0.15) is 19.3 Å². The Morgan fingerprint density at radius 3 is 2.77 bits per heavy atom. The van der Waals surface area contributed by atoms with Crippen molar-refractivity contribution >= 4 is 5.97 Å². The molecule has 0 aromatic heterocycles. The molecule has 0 unspecified atom stereocenters. The average molecular weight is 187 g/mol. The first-order valence-corrected chi connectivity index (χ1v) is 4.60. The summed E-state index contributed by atoms with van der Waals surface area (Å²) >= 11 is 0. The second kappa shape index (κ2) is 4.58. The van der Waals surface area contributed by atoms with Gasteiger partial charge in [-0.3, -0.25) is 4.79 Å². The van der Waals surface area contributed by atoms with Crippen LogP contribution < -0.4 is 5.32 Å². The molecule has 0 aromatic rings. The highest BCUT2D eigenvalue weighted by Crippen LogP contribution is 2.48. The molecule has 1 fully saturated rings. The van der Waals surface area contributed by atoms with Crippen molar-refractivity contribution in [1.29, 1.82) is 0 Å². The number of carbonyl (C=O) groups is 1. The van der Waals surface area contributed by atoms with Crippen LogP contribution in [0.15, 0.2) is 0 Å². The summed E-state index contributed by atoms with van der Waals surface area (Å²) in [6.07, 6.45) is 3.43. The molecule has 13 heavy (non-hydrogen) atoms. The number of aliphatic carboxylic acids is 1. The van der Waals surface area contributed by atoms with E-state index in [0.29, 0.717) is 5.41 Å². The first-order chi connectivity index (χ1) is 6.18. The third-order valence-electron chi connectivity index (χ3n) is 2.57. The summed E-state index contributed by atoms with van der Waals surface area (Å²) in [6, 6.07) is 0. The van der Waals surface area contributed by atoms with Crippen molar-refractivity contribution in [3.8, 4) is 0 Å². The fourth-order valence-corrected chi connectivity index (χ4v) is 1.45. The minimum Gasteiger partial charge on any atom is -0.480 e. The molecule has 4 nitrogen and oxygen atoms in total. The van der Waals surface area contributed by atoms with Crippen LogP contribution >= 0.6 is 0 Å². The van der Waals surface area contributed by atoms with Gasteiger partial charge in [-0.25, -0.2) is 0 Å². The quantitative estimate of drug-likeness (QED) is 0.608. The molecule has 2 N–H and O–H groups in total. The number of nitrogens with one attached hydrogen (secondary N) is 1. The Morgan fingerprint density at radius 2 is 2.31 bits per heavy atom. The molecule has 4 heteroatoms. The van der Waals surface area contributed by atoms with Gasteiger partial charge in [-0.1, -0.05) is 0 Å². The molecular weight excluding hydrogens is 170 g/mol. The van der Waals surface area contributed by atoms with E-state index < -0.39 is 5.97 Å². The highest BCUT2D eigenvalue weighted by Gasteiger charge is 2.41. The lowest BCUT2D eigenvalue weighted by atomic mass is 10.0. The zero-order valence-corrected chi connectivity index (χ0v) is 8.01. The van der Waals surface area contributed by atoms with Crippen molar-refractivity contribution in [1.82, 2.24) is 5.32 Å². The lowest BCUT2D eigenvalue weighted by Gasteiger charge is -2.14. The Hall–Kier alpha value is -0.610. The SMILES string of the molecule is COCCC1(CNCC(=O)O)CC1. The van der Waals surface area contributed by atoms with Crippen LogP contribution in [0, 0.1) is 5.41 Å². The predicted octanol–water partition coefficient (Wildman–Crippen LogP) is 0.477. The number of hydrogen-bond donors (Lipinski definition) is 2. The Bertz CT molecular complexity index is 178. The lowest BCUT2D eigenvalue weighted by molar-refractivity contribution is -0.136. The Morgan fingerprint density at radius 1 is 1.62 bits per heavy atom. The van der Waals surface area contributed by atoms with Crippen molar-refractivity contribution in [2.75, 3.05) is 26.8 Å². The number of ether oxygens (including phenoxy) is 1. The van der Waals surface area contributed by atoms with E-state index in [4.69, 9.17) is 9.84 Å². The van der Waals surface area contributed by atoms with Gasteiger partial charge in [0.25, 0.3) is 0 Å². The third kappa shape index (κ3) is 3.74. The number of hydrogen-bond acceptors (Lipinski definition) is 3. The molecule has 0 aliphatic heterocycles. The maximum atomic E-state index is 10.2. The standard InChI is InChI=1S/C9H17NO3/c1-13-5-4-9(2-3-9)7-10-6-8(11)12/h10H,2-7H2,1H3,(H,11,12). The Kier molecular flexibility index (Phi) is 3.69. The summed E-state index contributed by atoms with van der Waals surface area (Å²) < 4.78 is 5.00.